The number of hydrogen-bond donors (Lipinski definition) is 0. The number of halogens is 10. The number of alkyl halides is 10. The SMILES string of the molecule is CCCCc1ccc(Cc2c(CC(COC)C(F)(F)F)ccc(Oc3ccc(CC(COC)C(F)(F)F)c(Cc4ccc(CCCC)cc4)c3C(F)(F)c3ccccc3)c2C(F)(F)c2ccccc2)cc1. The summed E-state index contributed by atoms with van der Waals surface area (Å²) >= 11 is 0. The Bertz CT molecular complexity index is 2410. The van der Waals surface area contributed by atoms with Crippen LogP contribution in [0.2, 0.25) is 0 Å². The molecule has 6 aromatic rings. The summed E-state index contributed by atoms with van der Waals surface area (Å²) < 4.78 is 175. The maximum absolute atomic E-state index is 17.8. The smallest absolute Gasteiger partial charge is 0.394 e. The van der Waals surface area contributed by atoms with Gasteiger partial charge in [-0.25, -0.2) is 0 Å². The van der Waals surface area contributed by atoms with Crippen LogP contribution in [0.25, 0.3) is 0 Å². The highest BCUT2D eigenvalue weighted by Gasteiger charge is 2.46. The van der Waals surface area contributed by atoms with E-state index in [1.807, 2.05) is 38.1 Å². The minimum atomic E-state index is -4.80. The van der Waals surface area contributed by atoms with Crippen LogP contribution in [-0.2, 0) is 59.8 Å². The van der Waals surface area contributed by atoms with E-state index < -0.39 is 95.8 Å². The zero-order valence-corrected chi connectivity index (χ0v) is 40.3. The summed E-state index contributed by atoms with van der Waals surface area (Å²) in [7, 11) is 2.22. The molecular formula is C58H60F10O3. The third-order valence-corrected chi connectivity index (χ3v) is 12.9. The van der Waals surface area contributed by atoms with E-state index in [-0.39, 0.29) is 35.1 Å². The predicted molar refractivity (Wildman–Crippen MR) is 258 cm³/mol. The van der Waals surface area contributed by atoms with E-state index in [0.717, 1.165) is 100 Å². The van der Waals surface area contributed by atoms with E-state index in [4.69, 9.17) is 14.2 Å². The van der Waals surface area contributed by atoms with Crippen molar-refractivity contribution in [3.8, 4) is 11.5 Å². The minimum Gasteiger partial charge on any atom is -0.456 e. The first-order valence-corrected chi connectivity index (χ1v) is 23.9. The highest BCUT2D eigenvalue weighted by molar-refractivity contribution is 5.58. The zero-order chi connectivity index (χ0) is 51.4. The monoisotopic (exact) mass is 994 g/mol. The first-order valence-electron chi connectivity index (χ1n) is 23.9. The second-order valence-electron chi connectivity index (χ2n) is 18.1. The number of hydrogen-bond acceptors (Lipinski definition) is 3. The van der Waals surface area contributed by atoms with Gasteiger partial charge in [0.1, 0.15) is 11.5 Å². The van der Waals surface area contributed by atoms with Crippen molar-refractivity contribution < 1.29 is 58.1 Å². The van der Waals surface area contributed by atoms with Crippen LogP contribution < -0.4 is 4.74 Å². The van der Waals surface area contributed by atoms with Crippen molar-refractivity contribution in [3.63, 3.8) is 0 Å². The van der Waals surface area contributed by atoms with E-state index in [1.165, 1.54) is 48.5 Å². The second-order valence-corrected chi connectivity index (χ2v) is 18.1. The highest BCUT2D eigenvalue weighted by atomic mass is 19.4. The molecule has 0 heterocycles. The molecule has 3 nitrogen and oxygen atoms in total. The van der Waals surface area contributed by atoms with Gasteiger partial charge in [0.2, 0.25) is 0 Å². The van der Waals surface area contributed by atoms with Crippen molar-refractivity contribution in [2.24, 2.45) is 11.8 Å². The quantitative estimate of drug-likeness (QED) is 0.0566. The molecule has 0 aromatic heterocycles. The molecule has 0 aliphatic rings. The Balaban J connectivity index is 1.66. The summed E-state index contributed by atoms with van der Waals surface area (Å²) in [5.74, 6) is -13.5. The number of methoxy groups -OCH3 is 2. The lowest BCUT2D eigenvalue weighted by atomic mass is 9.84. The number of benzene rings is 6. The third-order valence-electron chi connectivity index (χ3n) is 12.9. The maximum atomic E-state index is 17.8. The molecule has 0 aliphatic heterocycles. The number of unbranched alkanes of at least 4 members (excludes halogenated alkanes) is 2. The van der Waals surface area contributed by atoms with E-state index in [9.17, 15) is 26.3 Å². The molecule has 0 bridgehead atoms. The fraction of sp³-hybridized carbons (Fsp3) is 0.379. The van der Waals surface area contributed by atoms with E-state index in [1.54, 1.807) is 24.3 Å². The van der Waals surface area contributed by atoms with Gasteiger partial charge >= 0.3 is 24.2 Å². The molecule has 2 atom stereocenters. The van der Waals surface area contributed by atoms with Crippen molar-refractivity contribution in [3.05, 3.63) is 200 Å². The average molecular weight is 995 g/mol. The summed E-state index contributed by atoms with van der Waals surface area (Å²) in [6.45, 7) is 2.53. The van der Waals surface area contributed by atoms with Crippen LogP contribution in [-0.4, -0.2) is 39.8 Å². The summed E-state index contributed by atoms with van der Waals surface area (Å²) in [5, 5.41) is 0. The Labute approximate surface area is 410 Å². The van der Waals surface area contributed by atoms with Gasteiger partial charge in [-0.15, -0.1) is 0 Å². The van der Waals surface area contributed by atoms with Gasteiger partial charge in [-0.2, -0.15) is 43.9 Å². The molecule has 0 fully saturated rings. The molecule has 0 N–H and O–H groups in total. The molecule has 6 aromatic carbocycles. The fourth-order valence-electron chi connectivity index (χ4n) is 8.98. The molecule has 6 rings (SSSR count). The van der Waals surface area contributed by atoms with Crippen molar-refractivity contribution in [2.45, 2.75) is 102 Å². The molecule has 0 saturated carbocycles. The van der Waals surface area contributed by atoms with Crippen molar-refractivity contribution in [1.82, 2.24) is 0 Å². The molecule has 71 heavy (non-hydrogen) atoms. The summed E-state index contributed by atoms with van der Waals surface area (Å²) in [6, 6.07) is 32.0. The lowest BCUT2D eigenvalue weighted by Gasteiger charge is -2.30. The van der Waals surface area contributed by atoms with Crippen LogP contribution in [0.3, 0.4) is 0 Å². The molecule has 380 valence electrons. The number of ether oxygens (including phenoxy) is 3. The largest absolute Gasteiger partial charge is 0.456 e. The van der Waals surface area contributed by atoms with E-state index >= 15 is 17.6 Å². The predicted octanol–water partition coefficient (Wildman–Crippen LogP) is 16.4. The van der Waals surface area contributed by atoms with E-state index in [0.29, 0.717) is 11.1 Å². The van der Waals surface area contributed by atoms with Gasteiger partial charge in [0.05, 0.1) is 36.2 Å². The molecule has 0 spiro atoms. The third kappa shape index (κ3) is 13.9. The molecule has 0 saturated heterocycles. The van der Waals surface area contributed by atoms with Gasteiger partial charge < -0.3 is 14.2 Å². The molecule has 2 unspecified atom stereocenters. The van der Waals surface area contributed by atoms with Crippen LogP contribution >= 0.6 is 0 Å². The van der Waals surface area contributed by atoms with Crippen LogP contribution in [0, 0.1) is 11.8 Å². The Morgan fingerprint density at radius 1 is 0.423 bits per heavy atom. The number of rotatable bonds is 24. The van der Waals surface area contributed by atoms with Gasteiger partial charge in [-0.3, -0.25) is 0 Å². The minimum absolute atomic E-state index is 0.0954. The highest BCUT2D eigenvalue weighted by Crippen LogP contribution is 2.50. The maximum Gasteiger partial charge on any atom is 0.394 e. The summed E-state index contributed by atoms with van der Waals surface area (Å²) in [6.07, 6.45) is -6.62. The zero-order valence-electron chi connectivity index (χ0n) is 40.3. The lowest BCUT2D eigenvalue weighted by molar-refractivity contribution is -0.186. The number of aryl methyl sites for hydroxylation is 2. The topological polar surface area (TPSA) is 27.7 Å². The lowest BCUT2D eigenvalue weighted by Crippen LogP contribution is -2.30. The van der Waals surface area contributed by atoms with Crippen LogP contribution in [0.15, 0.2) is 133 Å². The Hall–Kier alpha value is -5.66. The van der Waals surface area contributed by atoms with Gasteiger partial charge in [0, 0.05) is 25.3 Å². The van der Waals surface area contributed by atoms with Crippen molar-refractivity contribution >= 4 is 0 Å². The van der Waals surface area contributed by atoms with Gasteiger partial charge in [-0.1, -0.05) is 148 Å². The molecule has 0 aliphatic carbocycles. The molecular weight excluding hydrogens is 935 g/mol. The van der Waals surface area contributed by atoms with Gasteiger partial charge in [0.15, 0.2) is 0 Å². The fourth-order valence-corrected chi connectivity index (χ4v) is 8.98. The molecule has 0 amide bonds. The standard InChI is InChI=1S/C58H60F10O3/c1-5-7-15-39-21-25-41(26-22-39)33-49-43(35-47(37-69-3)57(63,64)65)29-31-51(53(49)55(59,60)45-17-11-9-12-18-45)71-52-32-30-44(36-48(38-70-4)58(66,67)68)50(34-42-27-23-40(24-28-42)16-8-6-2)54(52)56(61,62)46-19-13-10-14-20-46/h9-14,17-32,47-48H,5-8,15-16,33-38H2,1-4H3. The van der Waals surface area contributed by atoms with Crippen LogP contribution in [0.1, 0.15) is 106 Å². The van der Waals surface area contributed by atoms with Gasteiger partial charge in [0.25, 0.3) is 0 Å². The average Bonchev–Trinajstić information content (AvgIpc) is 3.34. The molecule has 13 heteroatoms. The van der Waals surface area contributed by atoms with Gasteiger partial charge in [-0.05, 0) is 108 Å². The van der Waals surface area contributed by atoms with Crippen molar-refractivity contribution in [1.29, 1.82) is 0 Å². The Morgan fingerprint density at radius 3 is 1.07 bits per heavy atom. The van der Waals surface area contributed by atoms with E-state index in [2.05, 4.69) is 0 Å². The van der Waals surface area contributed by atoms with Crippen LogP contribution in [0.5, 0.6) is 11.5 Å². The normalized spacial score (nSPS) is 13.3. The van der Waals surface area contributed by atoms with Crippen LogP contribution in [0.4, 0.5) is 43.9 Å². The molecule has 0 radical (unpaired) electrons. The Kier molecular flexibility index (Phi) is 18.6. The summed E-state index contributed by atoms with van der Waals surface area (Å²) in [5.41, 5.74) is -0.499. The Morgan fingerprint density at radius 2 is 0.761 bits per heavy atom. The second kappa shape index (κ2) is 24.2. The first kappa shape index (κ1) is 54.7. The summed E-state index contributed by atoms with van der Waals surface area (Å²) in [4.78, 5) is 0. The first-order chi connectivity index (χ1) is 33.8. The van der Waals surface area contributed by atoms with Crippen molar-refractivity contribution in [2.75, 3.05) is 27.4 Å².